The number of hydrazone groups is 1. The van der Waals surface area contributed by atoms with Gasteiger partial charge in [0.05, 0.1) is 11.4 Å². The van der Waals surface area contributed by atoms with Crippen molar-refractivity contribution in [2.75, 3.05) is 6.26 Å². The number of nitrogens with one attached hydrogen (secondary N) is 1. The molecule has 0 atom stereocenters. The van der Waals surface area contributed by atoms with Crippen LogP contribution in [0.3, 0.4) is 0 Å². The minimum atomic E-state index is 0.653. The third-order valence-electron chi connectivity index (χ3n) is 1.54. The number of hydrogen-bond acceptors (Lipinski definition) is 4. The van der Waals surface area contributed by atoms with Gasteiger partial charge in [-0.25, -0.2) is 0 Å². The molecule has 1 N–H and O–H groups in total. The number of thioether (sulfide) groups is 1. The number of thiocarbonyl (C=S) groups is 1. The summed E-state index contributed by atoms with van der Waals surface area (Å²) in [7, 11) is 4.26. The minimum absolute atomic E-state index is 0.653. The Bertz CT molecular complexity index is 346. The third-order valence-corrected chi connectivity index (χ3v) is 2.59. The van der Waals surface area contributed by atoms with E-state index in [1.165, 1.54) is 11.8 Å². The predicted octanol–water partition coefficient (Wildman–Crippen LogP) is 2.73. The first-order chi connectivity index (χ1) is 7.74. The van der Waals surface area contributed by atoms with E-state index < -0.39 is 0 Å². The summed E-state index contributed by atoms with van der Waals surface area (Å²) in [6, 6.07) is 5.70. The molecular formula is C9H11ClN3NiS2. The Morgan fingerprint density at radius 2 is 2.25 bits per heavy atom. The summed E-state index contributed by atoms with van der Waals surface area (Å²) in [5.74, 6) is 0. The van der Waals surface area contributed by atoms with Crippen molar-refractivity contribution in [2.45, 2.75) is 6.92 Å². The zero-order valence-electron chi connectivity index (χ0n) is 8.71. The molecule has 1 rings (SSSR count). The Labute approximate surface area is 117 Å². The van der Waals surface area contributed by atoms with Crippen molar-refractivity contribution in [2.24, 2.45) is 5.10 Å². The quantitative estimate of drug-likeness (QED) is 0.394. The van der Waals surface area contributed by atoms with E-state index in [0.29, 0.717) is 4.32 Å². The molecular weight excluding hydrogens is 308 g/mol. The summed E-state index contributed by atoms with van der Waals surface area (Å²) in [5.41, 5.74) is 4.45. The topological polar surface area (TPSA) is 37.3 Å². The first-order valence-corrected chi connectivity index (χ1v) is 7.15. The summed E-state index contributed by atoms with van der Waals surface area (Å²) in [6.07, 6.45) is 3.64. The van der Waals surface area contributed by atoms with Gasteiger partial charge in [0.1, 0.15) is 0 Å². The van der Waals surface area contributed by atoms with Crippen LogP contribution in [0.15, 0.2) is 29.5 Å². The van der Waals surface area contributed by atoms with Gasteiger partial charge in [0.25, 0.3) is 0 Å². The van der Waals surface area contributed by atoms with Gasteiger partial charge in [-0.2, -0.15) is 5.10 Å². The second kappa shape index (κ2) is 10.0. The molecule has 0 spiro atoms. The van der Waals surface area contributed by atoms with Crippen LogP contribution in [0.4, 0.5) is 0 Å². The van der Waals surface area contributed by atoms with E-state index in [-0.39, 0.29) is 0 Å². The summed E-state index contributed by atoms with van der Waals surface area (Å²) < 4.78 is 0.653. The average Bonchev–Trinajstić information content (AvgIpc) is 2.38. The van der Waals surface area contributed by atoms with Gasteiger partial charge in [-0.1, -0.05) is 30.0 Å². The zero-order chi connectivity index (χ0) is 12.4. The molecule has 91 valence electrons. The molecule has 1 aromatic heterocycles. The Morgan fingerprint density at radius 1 is 1.56 bits per heavy atom. The summed E-state index contributed by atoms with van der Waals surface area (Å²) in [6.45, 7) is 1.89. The van der Waals surface area contributed by atoms with Gasteiger partial charge in [0, 0.05) is 6.20 Å². The first kappa shape index (κ1) is 15.8. The van der Waals surface area contributed by atoms with Crippen molar-refractivity contribution in [3.05, 3.63) is 30.1 Å². The monoisotopic (exact) mass is 318 g/mol. The standard InChI is InChI=1S/C9H11N3S2.ClH.Ni/c1-7(11-12-9(13)14-2)8-5-3-4-6-10-8;;/h3-6H,1-2H3,(H,12,13);1H;/q;;+1/p-1. The number of hydrogen-bond donors (Lipinski definition) is 1. The Hall–Kier alpha value is -0.156. The van der Waals surface area contributed by atoms with Crippen LogP contribution in [0.25, 0.3) is 0 Å². The van der Waals surface area contributed by atoms with Crippen molar-refractivity contribution in [1.82, 2.24) is 10.4 Å². The molecule has 0 saturated carbocycles. The second-order valence-corrected chi connectivity index (χ2v) is 4.00. The number of pyridine rings is 1. The van der Waals surface area contributed by atoms with Crippen LogP contribution in [0.5, 0.6) is 0 Å². The molecule has 0 fully saturated rings. The van der Waals surface area contributed by atoms with E-state index in [9.17, 15) is 0 Å². The molecule has 0 aromatic carbocycles. The van der Waals surface area contributed by atoms with E-state index in [4.69, 9.17) is 12.2 Å². The van der Waals surface area contributed by atoms with Crippen molar-refractivity contribution < 1.29 is 14.6 Å². The average molecular weight is 319 g/mol. The van der Waals surface area contributed by atoms with Crippen LogP contribution in [-0.4, -0.2) is 21.3 Å². The molecule has 1 heterocycles. The maximum absolute atomic E-state index is 4.95. The maximum atomic E-state index is 4.95. The van der Waals surface area contributed by atoms with E-state index in [1.54, 1.807) is 6.20 Å². The fraction of sp³-hybridized carbons (Fsp3) is 0.222. The van der Waals surface area contributed by atoms with Crippen LogP contribution in [-0.2, 0) is 14.6 Å². The van der Waals surface area contributed by atoms with Gasteiger partial charge in [-0.15, -0.1) is 0 Å². The Balaban J connectivity index is 0.00000106. The molecule has 0 aliphatic carbocycles. The SMILES string of the molecule is CSC(=S)NN=C(C)c1ccccn1.[Cl][Ni]. The zero-order valence-corrected chi connectivity index (χ0v) is 12.1. The van der Waals surface area contributed by atoms with E-state index in [1.807, 2.05) is 31.4 Å². The first-order valence-electron chi connectivity index (χ1n) is 4.15. The molecule has 0 radical (unpaired) electrons. The van der Waals surface area contributed by atoms with Crippen molar-refractivity contribution in [3.8, 4) is 0 Å². The van der Waals surface area contributed by atoms with Gasteiger partial charge in [-0.3, -0.25) is 10.4 Å². The Kier molecular flexibility index (Phi) is 9.93. The second-order valence-electron chi connectivity index (χ2n) is 2.52. The van der Waals surface area contributed by atoms with Gasteiger partial charge >= 0.3 is 24.8 Å². The fourth-order valence-corrected chi connectivity index (χ4v) is 0.992. The van der Waals surface area contributed by atoms with Crippen molar-refractivity contribution >= 4 is 44.2 Å². The van der Waals surface area contributed by atoms with Crippen molar-refractivity contribution in [1.29, 1.82) is 0 Å². The predicted molar refractivity (Wildman–Crippen MR) is 71.5 cm³/mol. The molecule has 0 aliphatic heterocycles. The van der Waals surface area contributed by atoms with E-state index >= 15 is 0 Å². The van der Waals surface area contributed by atoms with Gasteiger partial charge in [0.2, 0.25) is 0 Å². The molecule has 7 heteroatoms. The number of nitrogens with zero attached hydrogens (tertiary/aromatic N) is 2. The summed E-state index contributed by atoms with van der Waals surface area (Å²) >= 11 is 9.75. The number of aromatic nitrogens is 1. The molecule has 1 aromatic rings. The molecule has 0 unspecified atom stereocenters. The molecule has 0 amide bonds. The number of rotatable bonds is 2. The van der Waals surface area contributed by atoms with Gasteiger partial charge in [-0.05, 0) is 25.3 Å². The van der Waals surface area contributed by atoms with Crippen LogP contribution in [0.2, 0.25) is 0 Å². The van der Waals surface area contributed by atoms with Crippen LogP contribution in [0, 0.1) is 0 Å². The number of halogens is 1. The molecule has 0 aliphatic rings. The Morgan fingerprint density at radius 3 is 2.75 bits per heavy atom. The van der Waals surface area contributed by atoms with Crippen LogP contribution < -0.4 is 5.43 Å². The summed E-state index contributed by atoms with van der Waals surface area (Å²) in [5, 5.41) is 4.11. The molecule has 0 saturated heterocycles. The van der Waals surface area contributed by atoms with Crippen molar-refractivity contribution in [3.63, 3.8) is 0 Å². The van der Waals surface area contributed by atoms with E-state index in [0.717, 1.165) is 11.4 Å². The van der Waals surface area contributed by atoms with E-state index in [2.05, 4.69) is 40.3 Å². The van der Waals surface area contributed by atoms with Gasteiger partial charge < -0.3 is 0 Å². The van der Waals surface area contributed by atoms with Crippen LogP contribution in [0.1, 0.15) is 12.6 Å². The third kappa shape index (κ3) is 6.43. The van der Waals surface area contributed by atoms with Crippen LogP contribution >= 0.6 is 34.2 Å². The fourth-order valence-electron chi connectivity index (χ4n) is 0.809. The van der Waals surface area contributed by atoms with Gasteiger partial charge in [0.15, 0.2) is 4.32 Å². The molecule has 0 bridgehead atoms. The molecule has 16 heavy (non-hydrogen) atoms. The summed E-state index contributed by atoms with van der Waals surface area (Å²) in [4.78, 5) is 4.16. The molecule has 3 nitrogen and oxygen atoms in total. The normalized spacial score (nSPS) is 10.2.